The molecule has 0 fully saturated rings. The minimum absolute atomic E-state index is 0.0481. The van der Waals surface area contributed by atoms with E-state index in [9.17, 15) is 9.59 Å². The Balaban J connectivity index is 0.997. The average Bonchev–Trinajstić information content (AvgIpc) is 3.42. The summed E-state index contributed by atoms with van der Waals surface area (Å²) in [5, 5.41) is 2.80. The smallest absolute Gasteiger partial charge is 0.407 e. The van der Waals surface area contributed by atoms with Crippen LogP contribution in [0.25, 0.3) is 11.1 Å². The first-order valence-corrected chi connectivity index (χ1v) is 16.5. The molecule has 48 heavy (non-hydrogen) atoms. The highest BCUT2D eigenvalue weighted by atomic mass is 16.6. The number of hydrogen-bond acceptors (Lipinski definition) is 11. The summed E-state index contributed by atoms with van der Waals surface area (Å²) >= 11 is 0. The van der Waals surface area contributed by atoms with Gasteiger partial charge in [-0.2, -0.15) is 0 Å². The van der Waals surface area contributed by atoms with Gasteiger partial charge in [0, 0.05) is 24.6 Å². The Morgan fingerprint density at radius 1 is 0.583 bits per heavy atom. The average molecular weight is 674 g/mol. The summed E-state index contributed by atoms with van der Waals surface area (Å²) in [5.41, 5.74) is 5.16. The van der Waals surface area contributed by atoms with Crippen molar-refractivity contribution in [2.45, 2.75) is 19.3 Å². The van der Waals surface area contributed by atoms with Crippen LogP contribution in [0, 0.1) is 0 Å². The fraction of sp³-hybridized carbons (Fsp3) is 0.556. The maximum absolute atomic E-state index is 12.2. The Kier molecular flexibility index (Phi) is 20.1. The second-order valence-corrected chi connectivity index (χ2v) is 10.8. The first-order valence-electron chi connectivity index (χ1n) is 16.5. The van der Waals surface area contributed by atoms with E-state index >= 15 is 0 Å². The SMILES string of the molecule is C=C(C)C(=O)OCCOCCOCCOCCOCCOCCOCCOCCCNC(=O)OCC1c2ccccc2-c2ccccc21. The Morgan fingerprint density at radius 3 is 1.42 bits per heavy atom. The summed E-state index contributed by atoms with van der Waals surface area (Å²) in [7, 11) is 0. The zero-order chi connectivity index (χ0) is 34.1. The van der Waals surface area contributed by atoms with Crippen molar-refractivity contribution in [3.63, 3.8) is 0 Å². The molecule has 266 valence electrons. The fourth-order valence-electron chi connectivity index (χ4n) is 4.75. The number of fused-ring (bicyclic) bond motifs is 3. The van der Waals surface area contributed by atoms with Crippen molar-refractivity contribution in [1.29, 1.82) is 0 Å². The second kappa shape index (κ2) is 24.7. The molecule has 0 heterocycles. The van der Waals surface area contributed by atoms with Crippen molar-refractivity contribution in [2.75, 3.05) is 112 Å². The lowest BCUT2D eigenvalue weighted by Gasteiger charge is -2.14. The molecule has 0 atom stereocenters. The number of carbonyl (C=O) groups excluding carboxylic acids is 2. The largest absolute Gasteiger partial charge is 0.460 e. The van der Waals surface area contributed by atoms with Crippen molar-refractivity contribution < 1.29 is 52.2 Å². The summed E-state index contributed by atoms with van der Waals surface area (Å²) < 4.78 is 48.7. The molecule has 3 rings (SSSR count). The number of esters is 1. The molecular weight excluding hydrogens is 622 g/mol. The molecule has 0 bridgehead atoms. The molecule has 1 aliphatic carbocycles. The van der Waals surface area contributed by atoms with Crippen LogP contribution in [0.2, 0.25) is 0 Å². The van der Waals surface area contributed by atoms with Gasteiger partial charge < -0.3 is 47.9 Å². The van der Waals surface area contributed by atoms with E-state index in [2.05, 4.69) is 36.2 Å². The molecular formula is C36H51NO11. The lowest BCUT2D eigenvalue weighted by atomic mass is 9.98. The molecule has 0 radical (unpaired) electrons. The molecule has 0 aliphatic heterocycles. The molecule has 0 spiro atoms. The number of benzene rings is 2. The van der Waals surface area contributed by atoms with Gasteiger partial charge in [-0.15, -0.1) is 0 Å². The quantitative estimate of drug-likeness (QED) is 0.0795. The van der Waals surface area contributed by atoms with E-state index in [1.165, 1.54) is 22.3 Å². The van der Waals surface area contributed by atoms with E-state index in [0.717, 1.165) is 0 Å². The first kappa shape index (κ1) is 39.1. The lowest BCUT2D eigenvalue weighted by Crippen LogP contribution is -2.27. The maximum Gasteiger partial charge on any atom is 0.407 e. The second-order valence-electron chi connectivity index (χ2n) is 10.8. The zero-order valence-corrected chi connectivity index (χ0v) is 28.1. The van der Waals surface area contributed by atoms with Crippen LogP contribution in [0.15, 0.2) is 60.7 Å². The standard InChI is InChI=1S/C36H51NO11/c1-29(2)35(38)47-27-26-46-25-24-45-23-22-44-21-20-43-19-18-42-17-16-41-15-14-40-13-7-12-37-36(39)48-28-34-32-10-5-3-8-30(32)31-9-4-6-11-33(31)34/h3-6,8-11,34H,1,7,12-28H2,2H3,(H,37,39). The topological polar surface area (TPSA) is 129 Å². The van der Waals surface area contributed by atoms with Crippen LogP contribution in [-0.2, 0) is 47.4 Å². The van der Waals surface area contributed by atoms with Gasteiger partial charge in [0.15, 0.2) is 0 Å². The van der Waals surface area contributed by atoms with Gasteiger partial charge in [0.1, 0.15) is 13.2 Å². The molecule has 0 aromatic heterocycles. The summed E-state index contributed by atoms with van der Waals surface area (Å²) in [6.07, 6.45) is 0.263. The van der Waals surface area contributed by atoms with Crippen LogP contribution in [0.4, 0.5) is 4.79 Å². The third-order valence-corrected chi connectivity index (χ3v) is 7.12. The summed E-state index contributed by atoms with van der Waals surface area (Å²) in [6.45, 7) is 12.5. The molecule has 2 aromatic carbocycles. The van der Waals surface area contributed by atoms with Crippen LogP contribution >= 0.6 is 0 Å². The number of hydrogen-bond donors (Lipinski definition) is 1. The maximum atomic E-state index is 12.2. The van der Waals surface area contributed by atoms with Crippen LogP contribution < -0.4 is 5.32 Å². The van der Waals surface area contributed by atoms with Gasteiger partial charge in [0.2, 0.25) is 0 Å². The molecule has 0 unspecified atom stereocenters. The monoisotopic (exact) mass is 673 g/mol. The summed E-state index contributed by atoms with van der Waals surface area (Å²) in [5.74, 6) is -0.368. The van der Waals surface area contributed by atoms with Gasteiger partial charge in [0.25, 0.3) is 0 Å². The summed E-state index contributed by atoms with van der Waals surface area (Å²) in [6, 6.07) is 16.5. The Hall–Kier alpha value is -3.36. The molecule has 0 saturated heterocycles. The van der Waals surface area contributed by atoms with Gasteiger partial charge in [-0.25, -0.2) is 9.59 Å². The molecule has 1 amide bonds. The van der Waals surface area contributed by atoms with E-state index < -0.39 is 12.1 Å². The number of nitrogens with one attached hydrogen (secondary N) is 1. The van der Waals surface area contributed by atoms with E-state index in [0.29, 0.717) is 118 Å². The Morgan fingerprint density at radius 2 is 0.979 bits per heavy atom. The molecule has 1 N–H and O–H groups in total. The third-order valence-electron chi connectivity index (χ3n) is 7.12. The van der Waals surface area contributed by atoms with Crippen molar-refractivity contribution in [3.8, 4) is 11.1 Å². The van der Waals surface area contributed by atoms with Gasteiger partial charge in [-0.05, 0) is 35.6 Å². The van der Waals surface area contributed by atoms with E-state index in [4.69, 9.17) is 42.6 Å². The number of alkyl carbamates (subject to hydrolysis) is 1. The lowest BCUT2D eigenvalue weighted by molar-refractivity contribution is -0.140. The minimum atomic E-state index is -0.419. The fourth-order valence-corrected chi connectivity index (χ4v) is 4.75. The first-order chi connectivity index (χ1) is 23.6. The van der Waals surface area contributed by atoms with Crippen LogP contribution in [-0.4, -0.2) is 124 Å². The zero-order valence-electron chi connectivity index (χ0n) is 28.1. The normalized spacial score (nSPS) is 12.0. The predicted octanol–water partition coefficient (Wildman–Crippen LogP) is 4.15. The molecule has 0 saturated carbocycles. The van der Waals surface area contributed by atoms with Crippen molar-refractivity contribution >= 4 is 12.1 Å². The molecule has 12 nitrogen and oxygen atoms in total. The number of rotatable bonds is 28. The van der Waals surface area contributed by atoms with Crippen molar-refractivity contribution in [3.05, 3.63) is 71.8 Å². The Labute approximate surface area is 283 Å². The Bertz CT molecular complexity index is 1160. The third kappa shape index (κ3) is 15.7. The van der Waals surface area contributed by atoms with Gasteiger partial charge in [-0.1, -0.05) is 55.1 Å². The van der Waals surface area contributed by atoms with Crippen molar-refractivity contribution in [2.24, 2.45) is 0 Å². The van der Waals surface area contributed by atoms with Gasteiger partial charge >= 0.3 is 12.1 Å². The molecule has 2 aromatic rings. The highest BCUT2D eigenvalue weighted by Crippen LogP contribution is 2.44. The van der Waals surface area contributed by atoms with E-state index in [1.807, 2.05) is 24.3 Å². The highest BCUT2D eigenvalue weighted by molar-refractivity contribution is 5.86. The van der Waals surface area contributed by atoms with Gasteiger partial charge in [-0.3, -0.25) is 0 Å². The minimum Gasteiger partial charge on any atom is -0.460 e. The van der Waals surface area contributed by atoms with Crippen molar-refractivity contribution in [1.82, 2.24) is 5.32 Å². The van der Waals surface area contributed by atoms with Crippen LogP contribution in [0.1, 0.15) is 30.4 Å². The predicted molar refractivity (Wildman–Crippen MR) is 179 cm³/mol. The number of carbonyl (C=O) groups is 2. The van der Waals surface area contributed by atoms with Crippen LogP contribution in [0.3, 0.4) is 0 Å². The van der Waals surface area contributed by atoms with E-state index in [-0.39, 0.29) is 12.5 Å². The molecule has 12 heteroatoms. The van der Waals surface area contributed by atoms with Crippen LogP contribution in [0.5, 0.6) is 0 Å². The number of ether oxygens (including phenoxy) is 9. The summed E-state index contributed by atoms with van der Waals surface area (Å²) in [4.78, 5) is 23.4. The highest BCUT2D eigenvalue weighted by Gasteiger charge is 2.28. The van der Waals surface area contributed by atoms with Gasteiger partial charge in [0.05, 0.1) is 85.9 Å². The van der Waals surface area contributed by atoms with E-state index in [1.54, 1.807) is 6.92 Å². The number of amides is 1. The molecule has 1 aliphatic rings.